The predicted octanol–water partition coefficient (Wildman–Crippen LogP) is 4.02. The fraction of sp³-hybridized carbons (Fsp3) is 0.500. The van der Waals surface area contributed by atoms with Gasteiger partial charge in [0.15, 0.2) is 0 Å². The molecule has 5 rings (SSSR count). The highest BCUT2D eigenvalue weighted by Gasteiger charge is 2.40. The Labute approximate surface area is 220 Å². The van der Waals surface area contributed by atoms with Gasteiger partial charge in [0.25, 0.3) is 5.56 Å². The molecule has 1 amide bonds. The Kier molecular flexibility index (Phi) is 7.65. The molecule has 2 aromatic heterocycles. The highest BCUT2D eigenvalue weighted by molar-refractivity contribution is 9.10. The van der Waals surface area contributed by atoms with Crippen molar-refractivity contribution in [2.75, 3.05) is 26.8 Å². The number of benzene rings is 1. The standard InChI is InChI=1S/C28H35BrN4O3/c1-31-14-11-19(16-26(31)34)21-10-12-30-17-23(21)28(35)33(20-8-9-20)18-24-22-6-3-4-7-25(22)32(27(24)29)13-5-15-36-2/h3-4,6-7,11,14,16,20-21,23,30H,5,8-10,12-13,15,17-18H2,1-2H3/t21-,23+/m0/s1. The quantitative estimate of drug-likeness (QED) is 0.405. The molecule has 1 aromatic carbocycles. The molecule has 8 heteroatoms. The molecule has 3 heterocycles. The van der Waals surface area contributed by atoms with Crippen LogP contribution in [-0.2, 0) is 29.7 Å². The monoisotopic (exact) mass is 554 g/mol. The van der Waals surface area contributed by atoms with Gasteiger partial charge < -0.3 is 24.1 Å². The lowest BCUT2D eigenvalue weighted by Gasteiger charge is -2.35. The van der Waals surface area contributed by atoms with Crippen LogP contribution in [0.4, 0.5) is 0 Å². The molecule has 1 saturated carbocycles. The van der Waals surface area contributed by atoms with Crippen LogP contribution < -0.4 is 10.9 Å². The second-order valence-electron chi connectivity index (χ2n) is 10.1. The molecule has 1 aliphatic carbocycles. The molecule has 0 radical (unpaired) electrons. The summed E-state index contributed by atoms with van der Waals surface area (Å²) in [6.45, 7) is 3.64. The Morgan fingerprint density at radius 3 is 2.78 bits per heavy atom. The first-order chi connectivity index (χ1) is 17.5. The molecule has 0 spiro atoms. The smallest absolute Gasteiger partial charge is 0.250 e. The minimum Gasteiger partial charge on any atom is -0.385 e. The molecule has 1 aliphatic heterocycles. The number of rotatable bonds is 9. The Hall–Kier alpha value is -2.42. The number of aryl methyl sites for hydroxylation is 2. The predicted molar refractivity (Wildman–Crippen MR) is 145 cm³/mol. The van der Waals surface area contributed by atoms with Crippen molar-refractivity contribution in [3.05, 3.63) is 68.7 Å². The van der Waals surface area contributed by atoms with Crippen LogP contribution in [-0.4, -0.2) is 52.8 Å². The van der Waals surface area contributed by atoms with E-state index in [1.54, 1.807) is 24.8 Å². The van der Waals surface area contributed by atoms with Gasteiger partial charge in [-0.15, -0.1) is 0 Å². The summed E-state index contributed by atoms with van der Waals surface area (Å²) in [7, 11) is 3.49. The number of aromatic nitrogens is 2. The number of piperidine rings is 1. The van der Waals surface area contributed by atoms with Crippen molar-refractivity contribution in [1.82, 2.24) is 19.4 Å². The van der Waals surface area contributed by atoms with E-state index in [0.717, 1.165) is 54.5 Å². The zero-order valence-electron chi connectivity index (χ0n) is 21.1. The van der Waals surface area contributed by atoms with Gasteiger partial charge in [-0.05, 0) is 71.8 Å². The van der Waals surface area contributed by atoms with Crippen molar-refractivity contribution < 1.29 is 9.53 Å². The molecule has 2 fully saturated rings. The van der Waals surface area contributed by atoms with Crippen molar-refractivity contribution in [3.63, 3.8) is 0 Å². The molecule has 0 bridgehead atoms. The van der Waals surface area contributed by atoms with E-state index in [9.17, 15) is 9.59 Å². The Bertz CT molecular complexity index is 1300. The van der Waals surface area contributed by atoms with E-state index in [-0.39, 0.29) is 29.3 Å². The van der Waals surface area contributed by atoms with Gasteiger partial charge in [0.05, 0.1) is 10.5 Å². The number of para-hydroxylation sites is 1. The minimum atomic E-state index is -0.180. The summed E-state index contributed by atoms with van der Waals surface area (Å²) in [6.07, 6.45) is 5.68. The lowest BCUT2D eigenvalue weighted by Crippen LogP contribution is -2.47. The summed E-state index contributed by atoms with van der Waals surface area (Å²) < 4.78 is 10.2. The number of nitrogens with zero attached hydrogens (tertiary/aromatic N) is 3. The maximum atomic E-state index is 14.1. The SMILES string of the molecule is COCCCn1c(Br)c(CN(C(=O)[C@@H]2CNCC[C@H]2c2ccn(C)c(=O)c2)C2CC2)c2ccccc21. The van der Waals surface area contributed by atoms with Crippen molar-refractivity contribution in [3.8, 4) is 0 Å². The van der Waals surface area contributed by atoms with E-state index < -0.39 is 0 Å². The number of amides is 1. The van der Waals surface area contributed by atoms with Crippen molar-refractivity contribution >= 4 is 32.7 Å². The lowest BCUT2D eigenvalue weighted by atomic mass is 9.80. The number of ether oxygens (including phenoxy) is 1. The average molecular weight is 556 g/mol. The number of hydrogen-bond donors (Lipinski definition) is 1. The molecule has 2 atom stereocenters. The first-order valence-electron chi connectivity index (χ1n) is 12.9. The largest absolute Gasteiger partial charge is 0.385 e. The number of halogens is 1. The van der Waals surface area contributed by atoms with Crippen LogP contribution in [0.25, 0.3) is 10.9 Å². The van der Waals surface area contributed by atoms with Crippen LogP contribution in [0.2, 0.25) is 0 Å². The third-order valence-corrected chi connectivity index (χ3v) is 8.60. The maximum Gasteiger partial charge on any atom is 0.250 e. The molecular formula is C28H35BrN4O3. The number of carbonyl (C=O) groups is 1. The Morgan fingerprint density at radius 1 is 1.22 bits per heavy atom. The van der Waals surface area contributed by atoms with E-state index in [2.05, 4.69) is 55.0 Å². The summed E-state index contributed by atoms with van der Waals surface area (Å²) in [5.41, 5.74) is 3.29. The number of carbonyl (C=O) groups excluding carboxylic acids is 1. The van der Waals surface area contributed by atoms with E-state index in [1.165, 1.54) is 10.9 Å². The molecular weight excluding hydrogens is 520 g/mol. The number of nitrogens with one attached hydrogen (secondary N) is 1. The van der Waals surface area contributed by atoms with Gasteiger partial charge in [0, 0.05) is 75.2 Å². The van der Waals surface area contributed by atoms with Crippen LogP contribution in [0.1, 0.15) is 42.7 Å². The van der Waals surface area contributed by atoms with E-state index in [4.69, 9.17) is 4.74 Å². The normalized spacial score (nSPS) is 20.1. The van der Waals surface area contributed by atoms with Gasteiger partial charge in [-0.25, -0.2) is 0 Å². The second-order valence-corrected chi connectivity index (χ2v) is 10.8. The van der Waals surface area contributed by atoms with Gasteiger partial charge in [-0.2, -0.15) is 0 Å². The van der Waals surface area contributed by atoms with Gasteiger partial charge in [0.1, 0.15) is 0 Å². The van der Waals surface area contributed by atoms with E-state index in [0.29, 0.717) is 19.7 Å². The summed E-state index contributed by atoms with van der Waals surface area (Å²) >= 11 is 3.89. The lowest BCUT2D eigenvalue weighted by molar-refractivity contribution is -0.138. The highest BCUT2D eigenvalue weighted by atomic mass is 79.9. The third kappa shape index (κ3) is 5.04. The zero-order chi connectivity index (χ0) is 25.2. The van der Waals surface area contributed by atoms with Crippen LogP contribution in [0.15, 0.2) is 52.0 Å². The molecule has 3 aromatic rings. The van der Waals surface area contributed by atoms with Crippen LogP contribution >= 0.6 is 15.9 Å². The minimum absolute atomic E-state index is 0.0264. The molecule has 2 aliphatic rings. The van der Waals surface area contributed by atoms with Gasteiger partial charge in [-0.1, -0.05) is 18.2 Å². The molecule has 192 valence electrons. The summed E-state index contributed by atoms with van der Waals surface area (Å²) in [5, 5.41) is 4.62. The molecule has 7 nitrogen and oxygen atoms in total. The molecule has 1 saturated heterocycles. The summed E-state index contributed by atoms with van der Waals surface area (Å²) in [6, 6.07) is 12.4. The summed E-state index contributed by atoms with van der Waals surface area (Å²) in [4.78, 5) is 28.6. The fourth-order valence-corrected chi connectivity index (χ4v) is 6.26. The number of methoxy groups -OCH3 is 1. The maximum absolute atomic E-state index is 14.1. The Morgan fingerprint density at radius 2 is 2.03 bits per heavy atom. The highest BCUT2D eigenvalue weighted by Crippen LogP contribution is 2.38. The number of hydrogen-bond acceptors (Lipinski definition) is 4. The summed E-state index contributed by atoms with van der Waals surface area (Å²) in [5.74, 6) is 0.0616. The van der Waals surface area contributed by atoms with Crippen LogP contribution in [0.3, 0.4) is 0 Å². The number of pyridine rings is 1. The van der Waals surface area contributed by atoms with E-state index in [1.807, 2.05) is 12.3 Å². The van der Waals surface area contributed by atoms with Crippen molar-refractivity contribution in [2.45, 2.75) is 50.7 Å². The first-order valence-corrected chi connectivity index (χ1v) is 13.7. The average Bonchev–Trinajstić information content (AvgIpc) is 3.70. The first kappa shape index (κ1) is 25.2. The second kappa shape index (κ2) is 10.9. The molecule has 1 N–H and O–H groups in total. The Balaban J connectivity index is 1.45. The topological polar surface area (TPSA) is 68.5 Å². The van der Waals surface area contributed by atoms with Crippen molar-refractivity contribution in [2.24, 2.45) is 13.0 Å². The van der Waals surface area contributed by atoms with Crippen molar-refractivity contribution in [1.29, 1.82) is 0 Å². The van der Waals surface area contributed by atoms with E-state index >= 15 is 0 Å². The van der Waals surface area contributed by atoms with Gasteiger partial charge in [0.2, 0.25) is 5.91 Å². The number of fused-ring (bicyclic) bond motifs is 1. The van der Waals surface area contributed by atoms with Crippen LogP contribution in [0, 0.1) is 5.92 Å². The zero-order valence-corrected chi connectivity index (χ0v) is 22.7. The molecule has 36 heavy (non-hydrogen) atoms. The molecule has 0 unspecified atom stereocenters. The fourth-order valence-electron chi connectivity index (χ4n) is 5.55. The van der Waals surface area contributed by atoms with Crippen LogP contribution in [0.5, 0.6) is 0 Å². The van der Waals surface area contributed by atoms with Gasteiger partial charge >= 0.3 is 0 Å². The van der Waals surface area contributed by atoms with Gasteiger partial charge in [-0.3, -0.25) is 9.59 Å². The third-order valence-electron chi connectivity index (χ3n) is 7.69.